The monoisotopic (exact) mass is 300 g/mol. The first-order valence-corrected chi connectivity index (χ1v) is 6.87. The largest absolute Gasteiger partial charge is 0.478 e. The van der Waals surface area contributed by atoms with E-state index in [9.17, 15) is 4.79 Å². The predicted octanol–water partition coefficient (Wildman–Crippen LogP) is 3.74. The molecule has 3 aromatic rings. The fourth-order valence-electron chi connectivity index (χ4n) is 2.37. The summed E-state index contributed by atoms with van der Waals surface area (Å²) in [5.74, 6) is -0.0812. The van der Waals surface area contributed by atoms with Gasteiger partial charge >= 0.3 is 5.97 Å². The molecule has 0 saturated carbocycles. The highest BCUT2D eigenvalue weighted by atomic mass is 35.5. The topological polar surface area (TPSA) is 55.1 Å². The molecule has 0 radical (unpaired) electrons. The first-order chi connectivity index (χ1) is 10.1. The van der Waals surface area contributed by atoms with E-state index in [2.05, 4.69) is 9.55 Å². The van der Waals surface area contributed by atoms with Gasteiger partial charge in [-0.25, -0.2) is 9.78 Å². The summed E-state index contributed by atoms with van der Waals surface area (Å²) in [6.45, 7) is 2.50. The summed E-state index contributed by atoms with van der Waals surface area (Å²) in [6.07, 6.45) is 0. The van der Waals surface area contributed by atoms with E-state index in [1.807, 2.05) is 31.2 Å². The molecule has 0 fully saturated rings. The number of fused-ring (bicyclic) bond motifs is 1. The molecule has 1 heterocycles. The number of carboxylic acid groups (broad SMARTS) is 1. The molecule has 106 valence electrons. The van der Waals surface area contributed by atoms with E-state index in [1.165, 1.54) is 6.07 Å². The molecule has 21 heavy (non-hydrogen) atoms. The quantitative estimate of drug-likeness (QED) is 0.801. The van der Waals surface area contributed by atoms with Crippen molar-refractivity contribution in [2.75, 3.05) is 0 Å². The molecule has 0 aliphatic carbocycles. The standard InChI is InChI=1S/C16H13ClN2O2/c1-10-18-14-4-2-3-5-15(14)19(10)9-12-7-6-11(16(20)21)8-13(12)17/h2-8H,9H2,1H3,(H,20,21). The summed E-state index contributed by atoms with van der Waals surface area (Å²) in [5, 5.41) is 9.42. The maximum atomic E-state index is 10.9. The van der Waals surface area contributed by atoms with Crippen molar-refractivity contribution in [3.8, 4) is 0 Å². The number of hydrogen-bond donors (Lipinski definition) is 1. The second-order valence-electron chi connectivity index (χ2n) is 4.85. The highest BCUT2D eigenvalue weighted by molar-refractivity contribution is 6.31. The Balaban J connectivity index is 2.03. The van der Waals surface area contributed by atoms with Crippen LogP contribution < -0.4 is 0 Å². The van der Waals surface area contributed by atoms with Crippen LogP contribution in [0.1, 0.15) is 21.7 Å². The lowest BCUT2D eigenvalue weighted by Crippen LogP contribution is -2.04. The van der Waals surface area contributed by atoms with Gasteiger partial charge in [0, 0.05) is 5.02 Å². The van der Waals surface area contributed by atoms with Gasteiger partial charge in [-0.15, -0.1) is 0 Å². The van der Waals surface area contributed by atoms with Gasteiger partial charge in [0.25, 0.3) is 0 Å². The van der Waals surface area contributed by atoms with Crippen molar-refractivity contribution in [1.29, 1.82) is 0 Å². The number of benzene rings is 2. The van der Waals surface area contributed by atoms with Gasteiger partial charge in [-0.1, -0.05) is 29.8 Å². The first kappa shape index (κ1) is 13.6. The number of aromatic carboxylic acids is 1. The minimum atomic E-state index is -0.979. The summed E-state index contributed by atoms with van der Waals surface area (Å²) in [4.78, 5) is 15.4. The van der Waals surface area contributed by atoms with Gasteiger partial charge in [0.15, 0.2) is 0 Å². The summed E-state index contributed by atoms with van der Waals surface area (Å²) >= 11 is 6.20. The number of carboxylic acids is 1. The molecule has 5 heteroatoms. The lowest BCUT2D eigenvalue weighted by Gasteiger charge is -2.09. The van der Waals surface area contributed by atoms with Crippen LogP contribution >= 0.6 is 11.6 Å². The van der Waals surface area contributed by atoms with Crippen molar-refractivity contribution in [3.63, 3.8) is 0 Å². The molecule has 1 aromatic heterocycles. The minimum absolute atomic E-state index is 0.191. The molecule has 0 amide bonds. The number of nitrogens with zero attached hydrogens (tertiary/aromatic N) is 2. The van der Waals surface area contributed by atoms with Crippen molar-refractivity contribution < 1.29 is 9.90 Å². The molecule has 0 aliphatic heterocycles. The fraction of sp³-hybridized carbons (Fsp3) is 0.125. The van der Waals surface area contributed by atoms with E-state index in [4.69, 9.17) is 16.7 Å². The van der Waals surface area contributed by atoms with E-state index >= 15 is 0 Å². The average Bonchev–Trinajstić information content (AvgIpc) is 2.77. The zero-order chi connectivity index (χ0) is 15.0. The molecular weight excluding hydrogens is 288 g/mol. The van der Waals surface area contributed by atoms with Crippen molar-refractivity contribution >= 4 is 28.6 Å². The number of hydrogen-bond acceptors (Lipinski definition) is 2. The maximum Gasteiger partial charge on any atom is 0.335 e. The third-order valence-corrected chi connectivity index (χ3v) is 3.83. The zero-order valence-electron chi connectivity index (χ0n) is 11.4. The number of aryl methyl sites for hydroxylation is 1. The third kappa shape index (κ3) is 2.50. The number of imidazole rings is 1. The van der Waals surface area contributed by atoms with Gasteiger partial charge in [0.2, 0.25) is 0 Å². The van der Waals surface area contributed by atoms with Crippen molar-refractivity contribution in [1.82, 2.24) is 9.55 Å². The van der Waals surface area contributed by atoms with Crippen molar-refractivity contribution in [2.45, 2.75) is 13.5 Å². The number of halogens is 1. The van der Waals surface area contributed by atoms with Gasteiger partial charge in [0.05, 0.1) is 23.1 Å². The van der Waals surface area contributed by atoms with E-state index in [-0.39, 0.29) is 5.56 Å². The Bertz CT molecular complexity index is 839. The van der Waals surface area contributed by atoms with Crippen LogP contribution in [0.4, 0.5) is 0 Å². The Morgan fingerprint density at radius 2 is 2.05 bits per heavy atom. The molecular formula is C16H13ClN2O2. The SMILES string of the molecule is Cc1nc2ccccc2n1Cc1ccc(C(=O)O)cc1Cl. The Hall–Kier alpha value is -2.33. The molecule has 0 spiro atoms. The summed E-state index contributed by atoms with van der Waals surface area (Å²) in [6, 6.07) is 12.7. The van der Waals surface area contributed by atoms with Gasteiger partial charge in [-0.05, 0) is 36.8 Å². The van der Waals surface area contributed by atoms with Gasteiger partial charge in [-0.3, -0.25) is 0 Å². The van der Waals surface area contributed by atoms with Crippen LogP contribution in [0, 0.1) is 6.92 Å². The second-order valence-corrected chi connectivity index (χ2v) is 5.25. The number of para-hydroxylation sites is 2. The van der Waals surface area contributed by atoms with Crippen LogP contribution in [-0.4, -0.2) is 20.6 Å². The Morgan fingerprint density at radius 1 is 1.29 bits per heavy atom. The van der Waals surface area contributed by atoms with Crippen LogP contribution in [0.2, 0.25) is 5.02 Å². The number of rotatable bonds is 3. The average molecular weight is 301 g/mol. The number of carbonyl (C=O) groups is 1. The highest BCUT2D eigenvalue weighted by Crippen LogP contribution is 2.22. The Labute approximate surface area is 126 Å². The summed E-state index contributed by atoms with van der Waals surface area (Å²) in [7, 11) is 0. The third-order valence-electron chi connectivity index (χ3n) is 3.47. The normalized spacial score (nSPS) is 11.0. The van der Waals surface area contributed by atoms with Crippen molar-refractivity contribution in [2.24, 2.45) is 0 Å². The lowest BCUT2D eigenvalue weighted by atomic mass is 10.1. The van der Waals surface area contributed by atoms with Crippen LogP contribution in [0.5, 0.6) is 0 Å². The van der Waals surface area contributed by atoms with Crippen LogP contribution in [0.15, 0.2) is 42.5 Å². The van der Waals surface area contributed by atoms with Gasteiger partial charge in [-0.2, -0.15) is 0 Å². The maximum absolute atomic E-state index is 10.9. The molecule has 2 aromatic carbocycles. The summed E-state index contributed by atoms with van der Waals surface area (Å²) < 4.78 is 2.07. The smallest absolute Gasteiger partial charge is 0.335 e. The fourth-order valence-corrected chi connectivity index (χ4v) is 2.61. The first-order valence-electron chi connectivity index (χ1n) is 6.50. The Morgan fingerprint density at radius 3 is 2.76 bits per heavy atom. The minimum Gasteiger partial charge on any atom is -0.478 e. The van der Waals surface area contributed by atoms with Gasteiger partial charge in [0.1, 0.15) is 5.82 Å². The molecule has 4 nitrogen and oxygen atoms in total. The molecule has 3 rings (SSSR count). The van der Waals surface area contributed by atoms with Crippen molar-refractivity contribution in [3.05, 3.63) is 64.4 Å². The van der Waals surface area contributed by atoms with E-state index in [0.717, 1.165) is 22.4 Å². The van der Waals surface area contributed by atoms with Gasteiger partial charge < -0.3 is 9.67 Å². The van der Waals surface area contributed by atoms with E-state index in [0.29, 0.717) is 11.6 Å². The lowest BCUT2D eigenvalue weighted by molar-refractivity contribution is 0.0697. The van der Waals surface area contributed by atoms with Crippen LogP contribution in [0.3, 0.4) is 0 Å². The molecule has 0 bridgehead atoms. The van der Waals surface area contributed by atoms with E-state index < -0.39 is 5.97 Å². The Kier molecular flexibility index (Phi) is 3.39. The predicted molar refractivity (Wildman–Crippen MR) is 82.0 cm³/mol. The molecule has 0 unspecified atom stereocenters. The molecule has 0 aliphatic rings. The highest BCUT2D eigenvalue weighted by Gasteiger charge is 2.11. The van der Waals surface area contributed by atoms with Crippen LogP contribution in [0.25, 0.3) is 11.0 Å². The molecule has 1 N–H and O–H groups in total. The molecule has 0 atom stereocenters. The molecule has 0 saturated heterocycles. The van der Waals surface area contributed by atoms with E-state index in [1.54, 1.807) is 12.1 Å². The zero-order valence-corrected chi connectivity index (χ0v) is 12.1. The van der Waals surface area contributed by atoms with Crippen LogP contribution in [-0.2, 0) is 6.54 Å². The second kappa shape index (κ2) is 5.22. The summed E-state index contributed by atoms with van der Waals surface area (Å²) in [5.41, 5.74) is 3.03. The number of aromatic nitrogens is 2.